The molecule has 0 bridgehead atoms. The maximum absolute atomic E-state index is 5.14. The molecule has 8 nitrogen and oxygen atoms in total. The molecule has 0 aliphatic rings. The van der Waals surface area contributed by atoms with E-state index in [1.807, 2.05) is 0 Å². The van der Waals surface area contributed by atoms with Crippen molar-refractivity contribution in [3.05, 3.63) is 11.7 Å². The van der Waals surface area contributed by atoms with Gasteiger partial charge in [-0.05, 0) is 23.4 Å². The highest BCUT2D eigenvalue weighted by molar-refractivity contribution is 7.98. The molecule has 20 heavy (non-hydrogen) atoms. The highest BCUT2D eigenvalue weighted by Crippen LogP contribution is 2.18. The van der Waals surface area contributed by atoms with Crippen LogP contribution < -0.4 is 5.32 Å². The summed E-state index contributed by atoms with van der Waals surface area (Å²) in [4.78, 5) is 4.32. The molecule has 0 saturated heterocycles. The topological polar surface area (TPSA) is 94.5 Å². The summed E-state index contributed by atoms with van der Waals surface area (Å²) in [7, 11) is 0. The van der Waals surface area contributed by atoms with E-state index in [1.165, 1.54) is 11.8 Å². The van der Waals surface area contributed by atoms with Gasteiger partial charge in [0.15, 0.2) is 5.82 Å². The average molecular weight is 297 g/mol. The van der Waals surface area contributed by atoms with Crippen LogP contribution in [0.2, 0.25) is 0 Å². The van der Waals surface area contributed by atoms with Gasteiger partial charge in [-0.1, -0.05) is 30.8 Å². The van der Waals surface area contributed by atoms with E-state index >= 15 is 0 Å². The van der Waals surface area contributed by atoms with E-state index in [1.54, 1.807) is 4.68 Å². The van der Waals surface area contributed by atoms with Crippen LogP contribution in [0.25, 0.3) is 0 Å². The van der Waals surface area contributed by atoms with Crippen LogP contribution in [-0.2, 0) is 18.7 Å². The molecule has 2 heterocycles. The lowest BCUT2D eigenvalue weighted by molar-refractivity contribution is 0.373. The molecule has 1 N–H and O–H groups in total. The molecule has 110 valence electrons. The minimum absolute atomic E-state index is 0.606. The maximum Gasteiger partial charge on any atom is 0.226 e. The second-order valence-corrected chi connectivity index (χ2v) is 5.12. The molecule has 2 rings (SSSR count). The number of hydrogen-bond donors (Lipinski definition) is 1. The Labute approximate surface area is 121 Å². The second kappa shape index (κ2) is 7.95. The largest absolute Gasteiger partial charge is 0.339 e. The molecule has 0 unspecified atom stereocenters. The molecule has 0 aliphatic carbocycles. The molecule has 0 atom stereocenters. The summed E-state index contributed by atoms with van der Waals surface area (Å²) in [5, 5.41) is 19.6. The monoisotopic (exact) mass is 297 g/mol. The summed E-state index contributed by atoms with van der Waals surface area (Å²) in [6, 6.07) is 0. The Bertz CT molecular complexity index is 512. The van der Waals surface area contributed by atoms with Crippen molar-refractivity contribution in [3.8, 4) is 0 Å². The molecule has 0 aliphatic heterocycles. The normalized spacial score (nSPS) is 11.1. The summed E-state index contributed by atoms with van der Waals surface area (Å²) >= 11 is 1.51. The van der Waals surface area contributed by atoms with Crippen LogP contribution in [0.5, 0.6) is 0 Å². The Balaban J connectivity index is 1.85. The Hall–Kier alpha value is -1.48. The van der Waals surface area contributed by atoms with Gasteiger partial charge in [0.25, 0.3) is 0 Å². The zero-order valence-corrected chi connectivity index (χ0v) is 12.6. The van der Waals surface area contributed by atoms with Crippen LogP contribution >= 0.6 is 11.8 Å². The smallest absolute Gasteiger partial charge is 0.226 e. The Morgan fingerprint density at radius 2 is 2.25 bits per heavy atom. The minimum atomic E-state index is 0.606. The first-order valence-electron chi connectivity index (χ1n) is 6.74. The van der Waals surface area contributed by atoms with Crippen LogP contribution in [-0.4, -0.2) is 43.4 Å². The third-order valence-corrected chi connectivity index (χ3v) is 3.51. The van der Waals surface area contributed by atoms with Gasteiger partial charge in [0.2, 0.25) is 11.0 Å². The SMILES string of the molecule is CCCc1nc(CSc2nnnn2CCNCC)no1. The third kappa shape index (κ3) is 4.27. The van der Waals surface area contributed by atoms with E-state index in [9.17, 15) is 0 Å². The molecule has 0 aromatic carbocycles. The fraction of sp³-hybridized carbons (Fsp3) is 0.727. The van der Waals surface area contributed by atoms with Gasteiger partial charge in [0.05, 0.1) is 12.3 Å². The molecule has 0 saturated carbocycles. The van der Waals surface area contributed by atoms with Crippen molar-refractivity contribution in [1.82, 2.24) is 35.7 Å². The van der Waals surface area contributed by atoms with E-state index in [2.05, 4.69) is 44.8 Å². The highest BCUT2D eigenvalue weighted by Gasteiger charge is 2.10. The molecule has 2 aromatic heterocycles. The van der Waals surface area contributed by atoms with Crippen LogP contribution in [0.4, 0.5) is 0 Å². The number of nitrogens with zero attached hydrogens (tertiary/aromatic N) is 6. The van der Waals surface area contributed by atoms with Gasteiger partial charge >= 0.3 is 0 Å². The lowest BCUT2D eigenvalue weighted by Crippen LogP contribution is -2.20. The summed E-state index contributed by atoms with van der Waals surface area (Å²) in [6.07, 6.45) is 1.82. The summed E-state index contributed by atoms with van der Waals surface area (Å²) in [5.41, 5.74) is 0. The zero-order valence-electron chi connectivity index (χ0n) is 11.7. The van der Waals surface area contributed by atoms with Crippen LogP contribution in [0.1, 0.15) is 32.0 Å². The molecule has 0 amide bonds. The number of rotatable bonds is 9. The van der Waals surface area contributed by atoms with Gasteiger partial charge in [-0.25, -0.2) is 4.68 Å². The van der Waals surface area contributed by atoms with Crippen molar-refractivity contribution < 1.29 is 4.52 Å². The molecule has 2 aromatic rings. The van der Waals surface area contributed by atoms with Gasteiger partial charge in [-0.3, -0.25) is 0 Å². The molecular formula is C11H19N7OS. The quantitative estimate of drug-likeness (QED) is 0.539. The van der Waals surface area contributed by atoms with Gasteiger partial charge in [0, 0.05) is 13.0 Å². The Kier molecular flexibility index (Phi) is 5.93. The standard InChI is InChI=1S/C11H19N7OS/c1-3-5-10-13-9(15-19-10)8-20-11-14-16-17-18(11)7-6-12-4-2/h12H,3-8H2,1-2H3. The van der Waals surface area contributed by atoms with E-state index in [-0.39, 0.29) is 0 Å². The summed E-state index contributed by atoms with van der Waals surface area (Å²) in [5.74, 6) is 1.98. The fourth-order valence-electron chi connectivity index (χ4n) is 1.60. The zero-order chi connectivity index (χ0) is 14.2. The van der Waals surface area contributed by atoms with Gasteiger partial charge in [-0.2, -0.15) is 4.98 Å². The number of likely N-dealkylation sites (N-methyl/N-ethyl adjacent to an activating group) is 1. The van der Waals surface area contributed by atoms with Crippen LogP contribution in [0, 0.1) is 0 Å². The second-order valence-electron chi connectivity index (χ2n) is 4.18. The van der Waals surface area contributed by atoms with Crippen molar-refractivity contribution in [2.45, 2.75) is 44.1 Å². The maximum atomic E-state index is 5.14. The molecule has 0 fully saturated rings. The van der Waals surface area contributed by atoms with E-state index in [0.29, 0.717) is 17.5 Å². The number of aryl methyl sites for hydroxylation is 1. The first-order chi connectivity index (χ1) is 9.83. The Morgan fingerprint density at radius 3 is 3.05 bits per heavy atom. The predicted molar refractivity (Wildman–Crippen MR) is 74.2 cm³/mol. The van der Waals surface area contributed by atoms with Crippen molar-refractivity contribution in [1.29, 1.82) is 0 Å². The van der Waals surface area contributed by atoms with Crippen molar-refractivity contribution in [2.24, 2.45) is 0 Å². The number of aromatic nitrogens is 6. The third-order valence-electron chi connectivity index (χ3n) is 2.55. The van der Waals surface area contributed by atoms with Crippen molar-refractivity contribution >= 4 is 11.8 Å². The van der Waals surface area contributed by atoms with Crippen molar-refractivity contribution in [2.75, 3.05) is 13.1 Å². The summed E-state index contributed by atoms with van der Waals surface area (Å²) < 4.78 is 6.92. The average Bonchev–Trinajstić information content (AvgIpc) is 3.06. The first-order valence-corrected chi connectivity index (χ1v) is 7.73. The molecule has 0 radical (unpaired) electrons. The number of thioether (sulfide) groups is 1. The molecule has 9 heteroatoms. The van der Waals surface area contributed by atoms with Gasteiger partial charge < -0.3 is 9.84 Å². The minimum Gasteiger partial charge on any atom is -0.339 e. The van der Waals surface area contributed by atoms with E-state index < -0.39 is 0 Å². The number of hydrogen-bond acceptors (Lipinski definition) is 8. The molecule has 0 spiro atoms. The van der Waals surface area contributed by atoms with E-state index in [0.717, 1.165) is 37.6 Å². The Morgan fingerprint density at radius 1 is 1.35 bits per heavy atom. The highest BCUT2D eigenvalue weighted by atomic mass is 32.2. The lowest BCUT2D eigenvalue weighted by Gasteiger charge is -2.03. The van der Waals surface area contributed by atoms with Crippen LogP contribution in [0.15, 0.2) is 9.68 Å². The van der Waals surface area contributed by atoms with E-state index in [4.69, 9.17) is 4.52 Å². The number of tetrazole rings is 1. The predicted octanol–water partition coefficient (Wildman–Crippen LogP) is 0.910. The van der Waals surface area contributed by atoms with Crippen molar-refractivity contribution in [3.63, 3.8) is 0 Å². The number of nitrogens with one attached hydrogen (secondary N) is 1. The van der Waals surface area contributed by atoms with Crippen LogP contribution in [0.3, 0.4) is 0 Å². The molecular weight excluding hydrogens is 278 g/mol. The lowest BCUT2D eigenvalue weighted by atomic mass is 10.3. The van der Waals surface area contributed by atoms with Gasteiger partial charge in [0.1, 0.15) is 0 Å². The summed E-state index contributed by atoms with van der Waals surface area (Å²) in [6.45, 7) is 6.68. The van der Waals surface area contributed by atoms with Gasteiger partial charge in [-0.15, -0.1) is 5.10 Å². The fourth-order valence-corrected chi connectivity index (χ4v) is 2.34. The first kappa shape index (κ1) is 14.9.